The Morgan fingerprint density at radius 1 is 0.931 bits per heavy atom. The van der Waals surface area contributed by atoms with Crippen LogP contribution in [0.3, 0.4) is 0 Å². The molecule has 4 rings (SSSR count). The number of nitrogens with zero attached hydrogens (tertiary/aromatic N) is 2. The molecule has 0 saturated carbocycles. The summed E-state index contributed by atoms with van der Waals surface area (Å²) in [6, 6.07) is 24.3. The Kier molecular flexibility index (Phi) is 5.33. The molecule has 6 heteroatoms. The zero-order chi connectivity index (χ0) is 20.1. The molecule has 6 nitrogen and oxygen atoms in total. The molecule has 0 spiro atoms. The number of benzene rings is 3. The number of nitrogens with one attached hydrogen (secondary N) is 1. The Morgan fingerprint density at radius 2 is 1.69 bits per heavy atom. The third kappa shape index (κ3) is 4.50. The number of para-hydroxylation sites is 1. The summed E-state index contributed by atoms with van der Waals surface area (Å²) in [5.41, 5.74) is 3.30. The van der Waals surface area contributed by atoms with Crippen molar-refractivity contribution >= 4 is 11.6 Å². The molecule has 0 aliphatic heterocycles. The zero-order valence-electron chi connectivity index (χ0n) is 15.8. The van der Waals surface area contributed by atoms with E-state index in [4.69, 9.17) is 9.15 Å². The predicted molar refractivity (Wildman–Crippen MR) is 110 cm³/mol. The van der Waals surface area contributed by atoms with E-state index in [0.29, 0.717) is 23.2 Å². The molecule has 1 heterocycles. The monoisotopic (exact) mass is 385 g/mol. The minimum absolute atomic E-state index is 0.0772. The van der Waals surface area contributed by atoms with Crippen molar-refractivity contribution in [1.29, 1.82) is 0 Å². The van der Waals surface area contributed by atoms with Gasteiger partial charge in [-0.15, -0.1) is 10.2 Å². The maximum Gasteiger partial charge on any atom is 0.262 e. The van der Waals surface area contributed by atoms with Gasteiger partial charge in [0.1, 0.15) is 5.75 Å². The first-order valence-corrected chi connectivity index (χ1v) is 9.17. The van der Waals surface area contributed by atoms with Crippen LogP contribution in [0.15, 0.2) is 83.3 Å². The number of carbonyl (C=O) groups is 1. The fraction of sp³-hybridized carbons (Fsp3) is 0.0870. The highest BCUT2D eigenvalue weighted by Gasteiger charge is 2.13. The van der Waals surface area contributed by atoms with Crippen molar-refractivity contribution in [2.24, 2.45) is 0 Å². The van der Waals surface area contributed by atoms with Crippen molar-refractivity contribution in [2.45, 2.75) is 6.92 Å². The second kappa shape index (κ2) is 8.39. The standard InChI is InChI=1S/C23H19N3O3/c1-16-8-5-6-13-20(16)23-26-25-22(29-23)17-9-7-10-18(14-17)24-21(27)15-28-19-11-3-2-4-12-19/h2-14H,15H2,1H3,(H,24,27). The largest absolute Gasteiger partial charge is 0.484 e. The van der Waals surface area contributed by atoms with Crippen LogP contribution in [-0.2, 0) is 4.79 Å². The fourth-order valence-corrected chi connectivity index (χ4v) is 2.85. The van der Waals surface area contributed by atoms with E-state index in [2.05, 4.69) is 15.5 Å². The quantitative estimate of drug-likeness (QED) is 0.519. The first-order chi connectivity index (χ1) is 14.2. The van der Waals surface area contributed by atoms with E-state index in [1.165, 1.54) is 0 Å². The van der Waals surface area contributed by atoms with Crippen molar-refractivity contribution in [3.05, 3.63) is 84.4 Å². The van der Waals surface area contributed by atoms with E-state index in [9.17, 15) is 4.79 Å². The molecule has 0 radical (unpaired) electrons. The maximum absolute atomic E-state index is 12.2. The van der Waals surface area contributed by atoms with Crippen LogP contribution in [0.2, 0.25) is 0 Å². The summed E-state index contributed by atoms with van der Waals surface area (Å²) in [6.07, 6.45) is 0. The van der Waals surface area contributed by atoms with E-state index in [1.807, 2.05) is 61.5 Å². The van der Waals surface area contributed by atoms with Gasteiger partial charge in [0.05, 0.1) is 0 Å². The highest BCUT2D eigenvalue weighted by atomic mass is 16.5. The van der Waals surface area contributed by atoms with Crippen LogP contribution >= 0.6 is 0 Å². The summed E-state index contributed by atoms with van der Waals surface area (Å²) in [6.45, 7) is 1.92. The van der Waals surface area contributed by atoms with Crippen molar-refractivity contribution in [2.75, 3.05) is 11.9 Å². The smallest absolute Gasteiger partial charge is 0.262 e. The second-order valence-electron chi connectivity index (χ2n) is 6.46. The van der Waals surface area contributed by atoms with Gasteiger partial charge in [-0.05, 0) is 48.9 Å². The molecule has 1 amide bonds. The molecule has 0 atom stereocenters. The average molecular weight is 385 g/mol. The molecular formula is C23H19N3O3. The number of amides is 1. The van der Waals surface area contributed by atoms with Crippen LogP contribution in [-0.4, -0.2) is 22.7 Å². The average Bonchev–Trinajstić information content (AvgIpc) is 3.24. The number of aryl methyl sites for hydroxylation is 1. The highest BCUT2D eigenvalue weighted by Crippen LogP contribution is 2.27. The Labute approximate surface area is 168 Å². The number of hydrogen-bond acceptors (Lipinski definition) is 5. The van der Waals surface area contributed by atoms with Crippen LogP contribution < -0.4 is 10.1 Å². The lowest BCUT2D eigenvalue weighted by atomic mass is 10.1. The lowest BCUT2D eigenvalue weighted by molar-refractivity contribution is -0.118. The minimum atomic E-state index is -0.253. The number of ether oxygens (including phenoxy) is 1. The molecule has 1 N–H and O–H groups in total. The van der Waals surface area contributed by atoms with Crippen LogP contribution in [0.25, 0.3) is 22.9 Å². The normalized spacial score (nSPS) is 10.5. The molecule has 0 bridgehead atoms. The minimum Gasteiger partial charge on any atom is -0.484 e. The molecule has 0 aliphatic carbocycles. The molecule has 3 aromatic carbocycles. The van der Waals surface area contributed by atoms with Gasteiger partial charge < -0.3 is 14.5 Å². The summed E-state index contributed by atoms with van der Waals surface area (Å²) in [5, 5.41) is 11.1. The number of rotatable bonds is 6. The van der Waals surface area contributed by atoms with Gasteiger partial charge in [-0.3, -0.25) is 4.79 Å². The number of carbonyl (C=O) groups excluding carboxylic acids is 1. The molecule has 0 aliphatic rings. The van der Waals surface area contributed by atoms with Crippen LogP contribution in [0.5, 0.6) is 5.75 Å². The van der Waals surface area contributed by atoms with Gasteiger partial charge in [0.15, 0.2) is 6.61 Å². The van der Waals surface area contributed by atoms with Crippen molar-refractivity contribution in [1.82, 2.24) is 10.2 Å². The molecule has 29 heavy (non-hydrogen) atoms. The molecule has 1 aromatic heterocycles. The summed E-state index contributed by atoms with van der Waals surface area (Å²) < 4.78 is 11.3. The Morgan fingerprint density at radius 3 is 2.52 bits per heavy atom. The van der Waals surface area contributed by atoms with Gasteiger partial charge >= 0.3 is 0 Å². The van der Waals surface area contributed by atoms with Crippen LogP contribution in [0.1, 0.15) is 5.56 Å². The summed E-state index contributed by atoms with van der Waals surface area (Å²) in [7, 11) is 0. The molecular weight excluding hydrogens is 366 g/mol. The molecule has 0 fully saturated rings. The maximum atomic E-state index is 12.2. The van der Waals surface area contributed by atoms with Gasteiger partial charge in [0, 0.05) is 16.8 Å². The van der Waals surface area contributed by atoms with E-state index in [0.717, 1.165) is 16.7 Å². The van der Waals surface area contributed by atoms with Crippen molar-refractivity contribution in [3.8, 4) is 28.7 Å². The fourth-order valence-electron chi connectivity index (χ4n) is 2.85. The van der Waals surface area contributed by atoms with E-state index < -0.39 is 0 Å². The predicted octanol–water partition coefficient (Wildman–Crippen LogP) is 4.73. The van der Waals surface area contributed by atoms with Gasteiger partial charge in [0.25, 0.3) is 5.91 Å². The Balaban J connectivity index is 1.45. The lowest BCUT2D eigenvalue weighted by Crippen LogP contribution is -2.20. The van der Waals surface area contributed by atoms with Gasteiger partial charge in [-0.25, -0.2) is 0 Å². The Bertz CT molecular complexity index is 1120. The van der Waals surface area contributed by atoms with E-state index in [1.54, 1.807) is 24.3 Å². The number of anilines is 1. The lowest BCUT2D eigenvalue weighted by Gasteiger charge is -2.08. The van der Waals surface area contributed by atoms with Crippen LogP contribution in [0, 0.1) is 6.92 Å². The third-order valence-corrected chi connectivity index (χ3v) is 4.31. The zero-order valence-corrected chi connectivity index (χ0v) is 15.8. The number of hydrogen-bond donors (Lipinski definition) is 1. The Hall–Kier alpha value is -3.93. The van der Waals surface area contributed by atoms with Crippen molar-refractivity contribution < 1.29 is 13.9 Å². The van der Waals surface area contributed by atoms with Crippen LogP contribution in [0.4, 0.5) is 5.69 Å². The first-order valence-electron chi connectivity index (χ1n) is 9.17. The molecule has 4 aromatic rings. The summed E-state index contributed by atoms with van der Waals surface area (Å²) >= 11 is 0. The van der Waals surface area contributed by atoms with E-state index >= 15 is 0 Å². The first kappa shape index (κ1) is 18.4. The van der Waals surface area contributed by atoms with E-state index in [-0.39, 0.29) is 12.5 Å². The molecule has 144 valence electrons. The topological polar surface area (TPSA) is 77.2 Å². The second-order valence-corrected chi connectivity index (χ2v) is 6.46. The molecule has 0 unspecified atom stereocenters. The summed E-state index contributed by atoms with van der Waals surface area (Å²) in [4.78, 5) is 12.2. The van der Waals surface area contributed by atoms with Gasteiger partial charge in [-0.1, -0.05) is 42.5 Å². The SMILES string of the molecule is Cc1ccccc1-c1nnc(-c2cccc(NC(=O)COc3ccccc3)c2)o1. The van der Waals surface area contributed by atoms with Gasteiger partial charge in [0.2, 0.25) is 11.8 Å². The highest BCUT2D eigenvalue weighted by molar-refractivity contribution is 5.92. The summed E-state index contributed by atoms with van der Waals surface area (Å²) in [5.74, 6) is 1.24. The van der Waals surface area contributed by atoms with Gasteiger partial charge in [-0.2, -0.15) is 0 Å². The third-order valence-electron chi connectivity index (χ3n) is 4.31. The molecule has 0 saturated heterocycles. The van der Waals surface area contributed by atoms with Crippen molar-refractivity contribution in [3.63, 3.8) is 0 Å². The number of aromatic nitrogens is 2.